The molecule has 0 aromatic heterocycles. The van der Waals surface area contributed by atoms with Crippen LogP contribution in [0.25, 0.3) is 0 Å². The molecule has 1 unspecified atom stereocenters. The summed E-state index contributed by atoms with van der Waals surface area (Å²) in [5.41, 5.74) is 3.08. The maximum absolute atomic E-state index is 14.4. The molecule has 5 heteroatoms. The summed E-state index contributed by atoms with van der Waals surface area (Å²) in [5.74, 6) is 0.891. The number of hydrogen-bond donors (Lipinski definition) is 0. The number of fused-ring (bicyclic) bond motifs is 3. The van der Waals surface area contributed by atoms with Crippen molar-refractivity contribution in [2.75, 3.05) is 7.11 Å². The second-order valence-electron chi connectivity index (χ2n) is 10.6. The highest BCUT2D eigenvalue weighted by atomic mass is 32.2. The third kappa shape index (κ3) is 3.21. The smallest absolute Gasteiger partial charge is 0.262 e. The van der Waals surface area contributed by atoms with E-state index in [2.05, 4.69) is 45.9 Å². The summed E-state index contributed by atoms with van der Waals surface area (Å²) in [5, 5.41) is 1.31. The van der Waals surface area contributed by atoms with E-state index >= 15 is 0 Å². The summed E-state index contributed by atoms with van der Waals surface area (Å²) in [6.07, 6.45) is 7.84. The van der Waals surface area contributed by atoms with Crippen molar-refractivity contribution >= 4 is 22.8 Å². The Labute approximate surface area is 191 Å². The van der Waals surface area contributed by atoms with Gasteiger partial charge in [-0.05, 0) is 81.4 Å². The van der Waals surface area contributed by atoms with E-state index in [1.807, 2.05) is 12.0 Å². The number of carbonyl (C=O) groups excluding carboxylic acids is 1. The molecule has 0 saturated heterocycles. The number of rotatable bonds is 4. The first kappa shape index (κ1) is 21.5. The predicted octanol–water partition coefficient (Wildman–Crippen LogP) is 5.64. The zero-order valence-electron chi connectivity index (χ0n) is 19.6. The Hall–Kier alpha value is -1.33. The number of hydrogen-bond acceptors (Lipinski definition) is 4. The van der Waals surface area contributed by atoms with E-state index in [-0.39, 0.29) is 17.4 Å². The molecule has 2 saturated carbocycles. The van der Waals surface area contributed by atoms with Gasteiger partial charge in [-0.15, -0.1) is 0 Å². The molecule has 5 rings (SSSR count). The van der Waals surface area contributed by atoms with Gasteiger partial charge in [0, 0.05) is 23.8 Å². The van der Waals surface area contributed by atoms with Crippen molar-refractivity contribution < 1.29 is 9.53 Å². The van der Waals surface area contributed by atoms with Crippen LogP contribution < -0.4 is 0 Å². The number of amidine groups is 1. The van der Waals surface area contributed by atoms with Crippen molar-refractivity contribution in [1.29, 1.82) is 0 Å². The Morgan fingerprint density at radius 3 is 2.42 bits per heavy atom. The van der Waals surface area contributed by atoms with E-state index in [4.69, 9.17) is 9.73 Å². The number of aliphatic imine (C=N–C) groups is 1. The first-order valence-electron chi connectivity index (χ1n) is 12.1. The number of carbonyl (C=O) groups is 1. The minimum Gasteiger partial charge on any atom is -0.381 e. The molecule has 1 amide bonds. The van der Waals surface area contributed by atoms with Crippen LogP contribution in [-0.2, 0) is 21.5 Å². The minimum atomic E-state index is -0.757. The van der Waals surface area contributed by atoms with Crippen LogP contribution in [0.4, 0.5) is 0 Å². The van der Waals surface area contributed by atoms with Crippen LogP contribution in [0.3, 0.4) is 0 Å². The highest BCUT2D eigenvalue weighted by Crippen LogP contribution is 2.63. The SMILES string of the molecule is COC1CCC2(CC1)Cc1ccc(C3CC3)cc1C21N=C(SC(C)C)N(C(C)C)C1=O. The van der Waals surface area contributed by atoms with E-state index in [0.717, 1.165) is 37.3 Å². The van der Waals surface area contributed by atoms with Crippen LogP contribution in [0.15, 0.2) is 23.2 Å². The van der Waals surface area contributed by atoms with Gasteiger partial charge in [-0.1, -0.05) is 43.8 Å². The predicted molar refractivity (Wildman–Crippen MR) is 128 cm³/mol. The van der Waals surface area contributed by atoms with Crippen molar-refractivity contribution in [3.05, 3.63) is 34.9 Å². The minimum absolute atomic E-state index is 0.111. The van der Waals surface area contributed by atoms with Gasteiger partial charge >= 0.3 is 0 Å². The molecule has 1 aromatic carbocycles. The summed E-state index contributed by atoms with van der Waals surface area (Å²) < 4.78 is 5.71. The maximum Gasteiger partial charge on any atom is 0.262 e. The molecular weight excluding hydrogens is 404 g/mol. The van der Waals surface area contributed by atoms with E-state index < -0.39 is 5.54 Å². The molecule has 168 valence electrons. The molecule has 1 aliphatic heterocycles. The Morgan fingerprint density at radius 1 is 1.13 bits per heavy atom. The maximum atomic E-state index is 14.4. The van der Waals surface area contributed by atoms with Crippen LogP contribution in [-0.4, -0.2) is 40.5 Å². The first-order valence-corrected chi connectivity index (χ1v) is 13.0. The van der Waals surface area contributed by atoms with Crippen LogP contribution in [0, 0.1) is 5.41 Å². The van der Waals surface area contributed by atoms with Gasteiger partial charge in [0.05, 0.1) is 6.10 Å². The molecule has 3 aliphatic carbocycles. The summed E-state index contributed by atoms with van der Waals surface area (Å²) >= 11 is 1.74. The fourth-order valence-corrected chi connectivity index (χ4v) is 7.25. The lowest BCUT2D eigenvalue weighted by atomic mass is 9.61. The molecule has 4 nitrogen and oxygen atoms in total. The lowest BCUT2D eigenvalue weighted by molar-refractivity contribution is -0.139. The molecule has 0 bridgehead atoms. The lowest BCUT2D eigenvalue weighted by Gasteiger charge is -2.45. The second-order valence-corrected chi connectivity index (χ2v) is 12.2. The number of amides is 1. The molecule has 2 fully saturated rings. The van der Waals surface area contributed by atoms with Crippen LogP contribution in [0.5, 0.6) is 0 Å². The van der Waals surface area contributed by atoms with Crippen LogP contribution in [0.2, 0.25) is 0 Å². The van der Waals surface area contributed by atoms with Crippen molar-refractivity contribution in [3.63, 3.8) is 0 Å². The second kappa shape index (κ2) is 7.62. The third-order valence-corrected chi connectivity index (χ3v) is 8.92. The van der Waals surface area contributed by atoms with Gasteiger partial charge in [0.2, 0.25) is 0 Å². The Balaban J connectivity index is 1.68. The summed E-state index contributed by atoms with van der Waals surface area (Å²) in [4.78, 5) is 21.9. The first-order chi connectivity index (χ1) is 14.8. The molecule has 2 spiro atoms. The van der Waals surface area contributed by atoms with E-state index in [1.54, 1.807) is 11.8 Å². The number of benzene rings is 1. The van der Waals surface area contributed by atoms with Crippen LogP contribution >= 0.6 is 11.8 Å². The monoisotopic (exact) mass is 440 g/mol. The highest BCUT2D eigenvalue weighted by molar-refractivity contribution is 8.14. The van der Waals surface area contributed by atoms with Gasteiger partial charge in [0.15, 0.2) is 10.7 Å². The molecule has 4 aliphatic rings. The molecule has 31 heavy (non-hydrogen) atoms. The Kier molecular flexibility index (Phi) is 5.29. The van der Waals surface area contributed by atoms with Crippen molar-refractivity contribution in [2.45, 2.75) is 101 Å². The summed E-state index contributed by atoms with van der Waals surface area (Å²) in [7, 11) is 1.82. The number of ether oxygens (including phenoxy) is 1. The van der Waals surface area contributed by atoms with Crippen molar-refractivity contribution in [1.82, 2.24) is 4.90 Å². The quantitative estimate of drug-likeness (QED) is 0.608. The third-order valence-electron chi connectivity index (χ3n) is 7.95. The van der Waals surface area contributed by atoms with Crippen molar-refractivity contribution in [3.8, 4) is 0 Å². The van der Waals surface area contributed by atoms with E-state index in [9.17, 15) is 4.79 Å². The van der Waals surface area contributed by atoms with Gasteiger partial charge in [0.25, 0.3) is 5.91 Å². The van der Waals surface area contributed by atoms with Gasteiger partial charge in [-0.2, -0.15) is 0 Å². The average Bonchev–Trinajstić information content (AvgIpc) is 3.49. The standard InChI is InChI=1S/C26H36N2O2S/c1-16(2)28-23(29)26(27-24(28)31-17(3)4)22-14-19(18-6-7-18)8-9-20(22)15-25(26)12-10-21(30-5)11-13-25/h8-9,14,16-18,21H,6-7,10-13,15H2,1-5H3. The summed E-state index contributed by atoms with van der Waals surface area (Å²) in [6, 6.07) is 7.11. The number of methoxy groups -OCH3 is 1. The topological polar surface area (TPSA) is 41.9 Å². The van der Waals surface area contributed by atoms with Gasteiger partial charge in [-0.3, -0.25) is 9.69 Å². The molecule has 1 heterocycles. The van der Waals surface area contributed by atoms with Gasteiger partial charge in [0.1, 0.15) is 0 Å². The Morgan fingerprint density at radius 2 is 1.84 bits per heavy atom. The van der Waals surface area contributed by atoms with E-state index in [0.29, 0.717) is 17.3 Å². The zero-order chi connectivity index (χ0) is 22.0. The number of nitrogens with zero attached hydrogens (tertiary/aromatic N) is 2. The lowest BCUT2D eigenvalue weighted by Crippen LogP contribution is -2.53. The largest absolute Gasteiger partial charge is 0.381 e. The fraction of sp³-hybridized carbons (Fsp3) is 0.692. The Bertz CT molecular complexity index is 912. The normalized spacial score (nSPS) is 32.6. The van der Waals surface area contributed by atoms with Gasteiger partial charge in [-0.25, -0.2) is 4.99 Å². The van der Waals surface area contributed by atoms with E-state index in [1.165, 1.54) is 29.5 Å². The van der Waals surface area contributed by atoms with Crippen molar-refractivity contribution in [2.24, 2.45) is 10.4 Å². The van der Waals surface area contributed by atoms with Crippen LogP contribution in [0.1, 0.15) is 88.8 Å². The molecule has 1 aromatic rings. The average molecular weight is 441 g/mol. The number of thioether (sulfide) groups is 1. The highest BCUT2D eigenvalue weighted by Gasteiger charge is 2.67. The molecule has 1 atom stereocenters. The zero-order valence-corrected chi connectivity index (χ0v) is 20.4. The summed E-state index contributed by atoms with van der Waals surface area (Å²) in [6.45, 7) is 8.62. The molecular formula is C26H36N2O2S. The fourth-order valence-electron chi connectivity index (χ4n) is 6.23. The molecule has 0 N–H and O–H groups in total. The molecule has 0 radical (unpaired) electrons. The van der Waals surface area contributed by atoms with Gasteiger partial charge < -0.3 is 4.74 Å².